The van der Waals surface area contributed by atoms with Gasteiger partial charge in [-0.05, 0) is 38.4 Å². The zero-order valence-corrected chi connectivity index (χ0v) is 15.1. The topological polar surface area (TPSA) is 66.0 Å². The monoisotopic (exact) mass is 370 g/mol. The maximum Gasteiger partial charge on any atom is 0.225 e. The Morgan fingerprint density at radius 2 is 1.78 bits per heavy atom. The smallest absolute Gasteiger partial charge is 0.225 e. The third-order valence-electron chi connectivity index (χ3n) is 3.74. The average molecular weight is 370 g/mol. The molecule has 2 heterocycles. The highest BCUT2D eigenvalue weighted by molar-refractivity contribution is 5.67. The molecule has 3 aromatic rings. The Balaban J connectivity index is 1.92. The lowest BCUT2D eigenvalue weighted by atomic mass is 10.2. The van der Waals surface area contributed by atoms with Gasteiger partial charge in [0.15, 0.2) is 0 Å². The Morgan fingerprint density at radius 3 is 2.52 bits per heavy atom. The summed E-state index contributed by atoms with van der Waals surface area (Å²) in [7, 11) is 3.94. The molecule has 0 saturated heterocycles. The van der Waals surface area contributed by atoms with Crippen molar-refractivity contribution < 1.29 is 8.78 Å². The summed E-state index contributed by atoms with van der Waals surface area (Å²) in [5.41, 5.74) is 1.48. The number of halogens is 2. The van der Waals surface area contributed by atoms with Crippen molar-refractivity contribution in [1.29, 1.82) is 0 Å². The number of aromatic nitrogens is 3. The zero-order chi connectivity index (χ0) is 19.2. The fourth-order valence-corrected chi connectivity index (χ4v) is 2.38. The van der Waals surface area contributed by atoms with Crippen molar-refractivity contribution in [1.82, 2.24) is 19.9 Å². The summed E-state index contributed by atoms with van der Waals surface area (Å²) in [6.07, 6.45) is 3.33. The predicted octanol–water partition coefficient (Wildman–Crippen LogP) is 3.53. The molecule has 0 aliphatic rings. The lowest BCUT2D eigenvalue weighted by Gasteiger charge is -2.13. The first kappa shape index (κ1) is 18.7. The first-order valence-electron chi connectivity index (χ1n) is 8.41. The van der Waals surface area contributed by atoms with Crippen LogP contribution in [0.25, 0.3) is 11.3 Å². The van der Waals surface area contributed by atoms with E-state index in [2.05, 4.69) is 25.6 Å². The van der Waals surface area contributed by atoms with Crippen LogP contribution in [0, 0.1) is 11.6 Å². The zero-order valence-electron chi connectivity index (χ0n) is 15.1. The lowest BCUT2D eigenvalue weighted by molar-refractivity contribution is 0.425. The second-order valence-electron chi connectivity index (χ2n) is 6.18. The van der Waals surface area contributed by atoms with Gasteiger partial charge in [0.1, 0.15) is 17.5 Å². The number of pyridine rings is 1. The van der Waals surface area contributed by atoms with E-state index in [0.29, 0.717) is 24.0 Å². The van der Waals surface area contributed by atoms with Crippen molar-refractivity contribution >= 4 is 17.5 Å². The maximum atomic E-state index is 14.0. The quantitative estimate of drug-likeness (QED) is 0.663. The minimum atomic E-state index is -0.567. The van der Waals surface area contributed by atoms with E-state index in [-0.39, 0.29) is 5.69 Å². The Labute approximate surface area is 156 Å². The lowest BCUT2D eigenvalue weighted by Crippen LogP contribution is -2.21. The molecule has 2 N–H and O–H groups in total. The Bertz CT molecular complexity index is 902. The molecule has 0 unspecified atom stereocenters. The van der Waals surface area contributed by atoms with Crippen molar-refractivity contribution in [2.75, 3.05) is 37.8 Å². The number of benzene rings is 1. The van der Waals surface area contributed by atoms with Crippen LogP contribution in [0.2, 0.25) is 0 Å². The van der Waals surface area contributed by atoms with Crippen LogP contribution in [0.3, 0.4) is 0 Å². The highest BCUT2D eigenvalue weighted by atomic mass is 19.1. The molecule has 0 atom stereocenters. The summed E-state index contributed by atoms with van der Waals surface area (Å²) < 4.78 is 27.4. The third kappa shape index (κ3) is 5.18. The minimum absolute atomic E-state index is 0.00798. The maximum absolute atomic E-state index is 14.0. The highest BCUT2D eigenvalue weighted by Crippen LogP contribution is 2.25. The van der Waals surface area contributed by atoms with E-state index in [1.165, 1.54) is 0 Å². The van der Waals surface area contributed by atoms with Crippen LogP contribution in [0.15, 0.2) is 48.8 Å². The molecule has 0 spiro atoms. The van der Waals surface area contributed by atoms with Crippen LogP contribution in [0.1, 0.15) is 0 Å². The Hall–Kier alpha value is -3.13. The molecular weight excluding hydrogens is 350 g/mol. The third-order valence-corrected chi connectivity index (χ3v) is 3.74. The highest BCUT2D eigenvalue weighted by Gasteiger charge is 2.10. The number of rotatable bonds is 7. The van der Waals surface area contributed by atoms with Crippen molar-refractivity contribution in [3.8, 4) is 11.3 Å². The Kier molecular flexibility index (Phi) is 5.87. The largest absolute Gasteiger partial charge is 0.353 e. The average Bonchev–Trinajstić information content (AvgIpc) is 2.65. The molecule has 0 radical (unpaired) electrons. The number of likely N-dealkylation sites (N-methyl/N-ethyl adjacent to an activating group) is 1. The number of hydrogen-bond donors (Lipinski definition) is 2. The van der Waals surface area contributed by atoms with E-state index >= 15 is 0 Å². The minimum Gasteiger partial charge on any atom is -0.353 e. The SMILES string of the molecule is CN(C)CCNc1nc(Nc2cc(F)ccc2F)cc(-c2ccncc2)n1. The van der Waals surface area contributed by atoms with Crippen LogP contribution >= 0.6 is 0 Å². The van der Waals surface area contributed by atoms with Gasteiger partial charge in [-0.1, -0.05) is 0 Å². The van der Waals surface area contributed by atoms with E-state index in [9.17, 15) is 8.78 Å². The normalized spacial score (nSPS) is 10.9. The van der Waals surface area contributed by atoms with Gasteiger partial charge in [-0.25, -0.2) is 13.8 Å². The second kappa shape index (κ2) is 8.50. The molecule has 0 aliphatic carbocycles. The van der Waals surface area contributed by atoms with E-state index in [1.54, 1.807) is 18.5 Å². The molecule has 0 amide bonds. The molecule has 0 bridgehead atoms. The number of anilines is 3. The number of nitrogens with zero attached hydrogens (tertiary/aromatic N) is 4. The first-order chi connectivity index (χ1) is 13.0. The van der Waals surface area contributed by atoms with Gasteiger partial charge in [0.25, 0.3) is 0 Å². The second-order valence-corrected chi connectivity index (χ2v) is 6.18. The molecule has 0 aliphatic heterocycles. The summed E-state index contributed by atoms with van der Waals surface area (Å²) >= 11 is 0. The van der Waals surface area contributed by atoms with E-state index < -0.39 is 11.6 Å². The van der Waals surface area contributed by atoms with Gasteiger partial charge < -0.3 is 15.5 Å². The molecular formula is C19H20F2N6. The van der Waals surface area contributed by atoms with Gasteiger partial charge >= 0.3 is 0 Å². The van der Waals surface area contributed by atoms with E-state index in [0.717, 1.165) is 30.3 Å². The van der Waals surface area contributed by atoms with E-state index in [1.807, 2.05) is 31.1 Å². The van der Waals surface area contributed by atoms with Crippen molar-refractivity contribution in [2.24, 2.45) is 0 Å². The fourth-order valence-electron chi connectivity index (χ4n) is 2.38. The van der Waals surface area contributed by atoms with Crippen LogP contribution in [0.5, 0.6) is 0 Å². The molecule has 0 saturated carbocycles. The van der Waals surface area contributed by atoms with Gasteiger partial charge in [0.2, 0.25) is 5.95 Å². The van der Waals surface area contributed by atoms with Gasteiger partial charge in [-0.2, -0.15) is 4.98 Å². The summed E-state index contributed by atoms with van der Waals surface area (Å²) in [6, 6.07) is 8.53. The van der Waals surface area contributed by atoms with Crippen molar-refractivity contribution in [2.45, 2.75) is 0 Å². The fraction of sp³-hybridized carbons (Fsp3) is 0.211. The number of nitrogens with one attached hydrogen (secondary N) is 2. The first-order valence-corrected chi connectivity index (χ1v) is 8.41. The van der Waals surface area contributed by atoms with Crippen molar-refractivity contribution in [3.63, 3.8) is 0 Å². The molecule has 1 aromatic carbocycles. The van der Waals surface area contributed by atoms with Gasteiger partial charge in [-0.3, -0.25) is 4.98 Å². The molecule has 6 nitrogen and oxygen atoms in total. The van der Waals surface area contributed by atoms with Crippen LogP contribution in [-0.2, 0) is 0 Å². The summed E-state index contributed by atoms with van der Waals surface area (Å²) in [5.74, 6) is -0.353. The summed E-state index contributed by atoms with van der Waals surface area (Å²) in [4.78, 5) is 14.9. The van der Waals surface area contributed by atoms with Gasteiger partial charge in [-0.15, -0.1) is 0 Å². The van der Waals surface area contributed by atoms with Gasteiger partial charge in [0, 0.05) is 43.2 Å². The van der Waals surface area contributed by atoms with Crippen LogP contribution in [0.4, 0.5) is 26.2 Å². The molecule has 2 aromatic heterocycles. The van der Waals surface area contributed by atoms with Gasteiger partial charge in [0.05, 0.1) is 11.4 Å². The summed E-state index contributed by atoms with van der Waals surface area (Å²) in [6.45, 7) is 1.44. The molecule has 140 valence electrons. The molecule has 3 rings (SSSR count). The molecule has 8 heteroatoms. The van der Waals surface area contributed by atoms with Crippen molar-refractivity contribution in [3.05, 3.63) is 60.4 Å². The van der Waals surface area contributed by atoms with E-state index in [4.69, 9.17) is 0 Å². The summed E-state index contributed by atoms with van der Waals surface area (Å²) in [5, 5.41) is 5.98. The predicted molar refractivity (Wildman–Crippen MR) is 102 cm³/mol. The Morgan fingerprint density at radius 1 is 1.00 bits per heavy atom. The molecule has 27 heavy (non-hydrogen) atoms. The van der Waals surface area contributed by atoms with Crippen LogP contribution in [-0.4, -0.2) is 47.0 Å². The standard InChI is InChI=1S/C19H20F2N6/c1-27(2)10-9-23-19-25-16(13-5-7-22-8-6-13)12-18(26-19)24-17-11-14(20)3-4-15(17)21/h3-8,11-12H,9-10H2,1-2H3,(H2,23,24,25,26). The number of hydrogen-bond acceptors (Lipinski definition) is 6. The molecule has 0 fully saturated rings. The van der Waals surface area contributed by atoms with Crippen LogP contribution < -0.4 is 10.6 Å².